The minimum atomic E-state index is 0.0854. The van der Waals surface area contributed by atoms with Crippen LogP contribution in [-0.2, 0) is 11.3 Å². The number of nitrogens with zero attached hydrogens (tertiary/aromatic N) is 2. The van der Waals surface area contributed by atoms with E-state index >= 15 is 0 Å². The smallest absolute Gasteiger partial charge is 0.220 e. The van der Waals surface area contributed by atoms with E-state index in [1.807, 2.05) is 31.2 Å². The molecule has 4 nitrogen and oxygen atoms in total. The van der Waals surface area contributed by atoms with Crippen molar-refractivity contribution < 1.29 is 4.79 Å². The lowest BCUT2D eigenvalue weighted by Crippen LogP contribution is -2.22. The van der Waals surface area contributed by atoms with Crippen LogP contribution in [0.2, 0.25) is 0 Å². The number of pyridine rings is 2. The summed E-state index contributed by atoms with van der Waals surface area (Å²) in [5, 5.41) is 2.90. The molecule has 1 N–H and O–H groups in total. The van der Waals surface area contributed by atoms with Gasteiger partial charge in [0.15, 0.2) is 0 Å². The second kappa shape index (κ2) is 6.64. The highest BCUT2D eigenvalue weighted by Crippen LogP contribution is 2.16. The number of hydrogen-bond donors (Lipinski definition) is 1. The Kier molecular flexibility index (Phi) is 4.61. The molecule has 0 spiro atoms. The second-order valence-electron chi connectivity index (χ2n) is 4.32. The zero-order chi connectivity index (χ0) is 13.5. The van der Waals surface area contributed by atoms with Crippen LogP contribution < -0.4 is 5.32 Å². The van der Waals surface area contributed by atoms with Crippen molar-refractivity contribution in [1.82, 2.24) is 15.3 Å². The fourth-order valence-electron chi connectivity index (χ4n) is 1.77. The predicted molar refractivity (Wildman–Crippen MR) is 74.2 cm³/mol. The van der Waals surface area contributed by atoms with Crippen LogP contribution in [-0.4, -0.2) is 15.9 Å². The van der Waals surface area contributed by atoms with Crippen molar-refractivity contribution in [3.05, 3.63) is 48.4 Å². The van der Waals surface area contributed by atoms with E-state index in [-0.39, 0.29) is 5.91 Å². The molecule has 2 rings (SSSR count). The molecule has 0 saturated heterocycles. The maximum atomic E-state index is 11.4. The van der Waals surface area contributed by atoms with Crippen molar-refractivity contribution in [3.63, 3.8) is 0 Å². The Balaban J connectivity index is 2.06. The minimum Gasteiger partial charge on any atom is -0.352 e. The number of rotatable bonds is 5. The van der Waals surface area contributed by atoms with Gasteiger partial charge in [-0.1, -0.05) is 6.92 Å². The summed E-state index contributed by atoms with van der Waals surface area (Å²) in [5.74, 6) is 0.0854. The summed E-state index contributed by atoms with van der Waals surface area (Å²) in [6.07, 6.45) is 6.70. The number of hydrogen-bond acceptors (Lipinski definition) is 3. The topological polar surface area (TPSA) is 54.9 Å². The lowest BCUT2D eigenvalue weighted by Gasteiger charge is -2.06. The second-order valence-corrected chi connectivity index (χ2v) is 4.32. The van der Waals surface area contributed by atoms with Gasteiger partial charge in [0.25, 0.3) is 0 Å². The summed E-state index contributed by atoms with van der Waals surface area (Å²) < 4.78 is 0. The maximum Gasteiger partial charge on any atom is 0.220 e. The van der Waals surface area contributed by atoms with Gasteiger partial charge in [0.05, 0.1) is 5.69 Å². The Labute approximate surface area is 112 Å². The van der Waals surface area contributed by atoms with Crippen molar-refractivity contribution >= 4 is 5.91 Å². The van der Waals surface area contributed by atoms with Gasteiger partial charge in [-0.05, 0) is 36.2 Å². The van der Waals surface area contributed by atoms with E-state index in [1.165, 1.54) is 0 Å². The minimum absolute atomic E-state index is 0.0854. The molecule has 2 aromatic rings. The van der Waals surface area contributed by atoms with E-state index in [1.54, 1.807) is 18.6 Å². The highest BCUT2D eigenvalue weighted by Gasteiger charge is 2.02. The Bertz CT molecular complexity index is 540. The normalized spacial score (nSPS) is 10.2. The molecular weight excluding hydrogens is 238 g/mol. The van der Waals surface area contributed by atoms with Crippen LogP contribution in [0.1, 0.15) is 25.3 Å². The fourth-order valence-corrected chi connectivity index (χ4v) is 1.77. The third-order valence-electron chi connectivity index (χ3n) is 2.75. The molecule has 0 aliphatic heterocycles. The standard InChI is InChI=1S/C15H17N3O/c1-2-4-15(19)18-10-12-6-8-17-14(9-12)13-5-3-7-16-11-13/h3,5-9,11H,2,4,10H2,1H3,(H,18,19). The zero-order valence-electron chi connectivity index (χ0n) is 11.0. The average molecular weight is 255 g/mol. The van der Waals surface area contributed by atoms with Gasteiger partial charge in [-0.25, -0.2) is 0 Å². The van der Waals surface area contributed by atoms with Crippen molar-refractivity contribution in [2.24, 2.45) is 0 Å². The first-order valence-electron chi connectivity index (χ1n) is 6.41. The molecule has 0 atom stereocenters. The van der Waals surface area contributed by atoms with Gasteiger partial charge >= 0.3 is 0 Å². The van der Waals surface area contributed by atoms with Gasteiger partial charge in [-0.2, -0.15) is 0 Å². The van der Waals surface area contributed by atoms with Crippen molar-refractivity contribution in [2.75, 3.05) is 0 Å². The Morgan fingerprint density at radius 2 is 2.21 bits per heavy atom. The Morgan fingerprint density at radius 3 is 2.95 bits per heavy atom. The highest BCUT2D eigenvalue weighted by molar-refractivity contribution is 5.75. The highest BCUT2D eigenvalue weighted by atomic mass is 16.1. The van der Waals surface area contributed by atoms with Crippen LogP contribution in [0.15, 0.2) is 42.9 Å². The lowest BCUT2D eigenvalue weighted by molar-refractivity contribution is -0.121. The lowest BCUT2D eigenvalue weighted by atomic mass is 10.1. The number of nitrogens with one attached hydrogen (secondary N) is 1. The molecule has 0 aliphatic carbocycles. The molecule has 4 heteroatoms. The first-order valence-corrected chi connectivity index (χ1v) is 6.41. The summed E-state index contributed by atoms with van der Waals surface area (Å²) in [6, 6.07) is 7.73. The molecule has 2 heterocycles. The number of aromatic nitrogens is 2. The van der Waals surface area contributed by atoms with Gasteiger partial charge in [0.2, 0.25) is 5.91 Å². The monoisotopic (exact) mass is 255 g/mol. The Hall–Kier alpha value is -2.23. The van der Waals surface area contributed by atoms with Gasteiger partial charge in [-0.3, -0.25) is 14.8 Å². The summed E-state index contributed by atoms with van der Waals surface area (Å²) in [6.45, 7) is 2.53. The molecule has 19 heavy (non-hydrogen) atoms. The SMILES string of the molecule is CCCC(=O)NCc1ccnc(-c2cccnc2)c1. The molecule has 0 fully saturated rings. The van der Waals surface area contributed by atoms with E-state index in [4.69, 9.17) is 0 Å². The third kappa shape index (κ3) is 3.88. The van der Waals surface area contributed by atoms with E-state index in [2.05, 4.69) is 15.3 Å². The molecule has 1 amide bonds. The van der Waals surface area contributed by atoms with Crippen LogP contribution in [0, 0.1) is 0 Å². The Morgan fingerprint density at radius 1 is 1.32 bits per heavy atom. The van der Waals surface area contributed by atoms with Gasteiger partial charge in [0.1, 0.15) is 0 Å². The first kappa shape index (κ1) is 13.2. The van der Waals surface area contributed by atoms with Crippen molar-refractivity contribution in [2.45, 2.75) is 26.3 Å². The van der Waals surface area contributed by atoms with Crippen LogP contribution in [0.5, 0.6) is 0 Å². The molecule has 98 valence electrons. The van der Waals surface area contributed by atoms with E-state index < -0.39 is 0 Å². The third-order valence-corrected chi connectivity index (χ3v) is 2.75. The van der Waals surface area contributed by atoms with Crippen LogP contribution in [0.4, 0.5) is 0 Å². The molecule has 0 bridgehead atoms. The summed E-state index contributed by atoms with van der Waals surface area (Å²) in [7, 11) is 0. The summed E-state index contributed by atoms with van der Waals surface area (Å²) >= 11 is 0. The van der Waals surface area contributed by atoms with Crippen LogP contribution >= 0.6 is 0 Å². The quantitative estimate of drug-likeness (QED) is 0.893. The first-order chi connectivity index (χ1) is 9.29. The van der Waals surface area contributed by atoms with Crippen LogP contribution in [0.25, 0.3) is 11.3 Å². The van der Waals surface area contributed by atoms with Gasteiger partial charge in [-0.15, -0.1) is 0 Å². The van der Waals surface area contributed by atoms with Crippen molar-refractivity contribution in [1.29, 1.82) is 0 Å². The molecular formula is C15H17N3O. The average Bonchev–Trinajstić information content (AvgIpc) is 2.47. The predicted octanol–water partition coefficient (Wildman–Crippen LogP) is 2.56. The maximum absolute atomic E-state index is 11.4. The largest absolute Gasteiger partial charge is 0.352 e. The van der Waals surface area contributed by atoms with Gasteiger partial charge < -0.3 is 5.32 Å². The number of carbonyl (C=O) groups is 1. The summed E-state index contributed by atoms with van der Waals surface area (Å²) in [5.41, 5.74) is 2.89. The van der Waals surface area contributed by atoms with E-state index in [9.17, 15) is 4.79 Å². The summed E-state index contributed by atoms with van der Waals surface area (Å²) in [4.78, 5) is 19.8. The van der Waals surface area contributed by atoms with E-state index in [0.717, 1.165) is 23.2 Å². The van der Waals surface area contributed by atoms with Crippen molar-refractivity contribution in [3.8, 4) is 11.3 Å². The van der Waals surface area contributed by atoms with Gasteiger partial charge in [0, 0.05) is 37.1 Å². The van der Waals surface area contributed by atoms with Crippen LogP contribution in [0.3, 0.4) is 0 Å². The molecule has 0 radical (unpaired) electrons. The molecule has 0 unspecified atom stereocenters. The zero-order valence-corrected chi connectivity index (χ0v) is 11.0. The molecule has 2 aromatic heterocycles. The molecule has 0 saturated carbocycles. The number of carbonyl (C=O) groups excluding carboxylic acids is 1. The molecule has 0 aliphatic rings. The molecule has 0 aromatic carbocycles. The van der Waals surface area contributed by atoms with E-state index in [0.29, 0.717) is 13.0 Å². The fraction of sp³-hybridized carbons (Fsp3) is 0.267. The number of amides is 1.